The van der Waals surface area contributed by atoms with Crippen molar-refractivity contribution in [1.29, 1.82) is 0 Å². The lowest BCUT2D eigenvalue weighted by Crippen LogP contribution is -2.37. The molecular weight excluding hydrogens is 400 g/mol. The van der Waals surface area contributed by atoms with Gasteiger partial charge in [-0.3, -0.25) is 9.59 Å². The highest BCUT2D eigenvalue weighted by Crippen LogP contribution is 2.40. The predicted octanol–water partition coefficient (Wildman–Crippen LogP) is 5.89. The van der Waals surface area contributed by atoms with E-state index < -0.39 is 5.41 Å². The van der Waals surface area contributed by atoms with Gasteiger partial charge in [0.2, 0.25) is 5.91 Å². The number of hydrogen-bond acceptors (Lipinski definition) is 3. The van der Waals surface area contributed by atoms with Crippen LogP contribution in [0.5, 0.6) is 5.75 Å². The third-order valence-corrected chi connectivity index (χ3v) is 7.31. The molecular formula is C27H30N2O3. The molecule has 0 saturated heterocycles. The summed E-state index contributed by atoms with van der Waals surface area (Å²) >= 11 is 0. The first-order valence-electron chi connectivity index (χ1n) is 11.6. The van der Waals surface area contributed by atoms with Crippen LogP contribution in [0.2, 0.25) is 0 Å². The number of ketones is 1. The number of carbonyl (C=O) groups excluding carboxylic acids is 2. The highest BCUT2D eigenvalue weighted by molar-refractivity contribution is 6.04. The summed E-state index contributed by atoms with van der Waals surface area (Å²) in [6, 6.07) is 14.8. The fraction of sp³-hybridized carbons (Fsp3) is 0.407. The van der Waals surface area contributed by atoms with Crippen molar-refractivity contribution in [2.24, 2.45) is 5.41 Å². The molecule has 2 N–H and O–H groups in total. The maximum Gasteiger partial charge on any atom is 0.230 e. The number of rotatable bonds is 5. The Morgan fingerprint density at radius 1 is 1.09 bits per heavy atom. The number of benzene rings is 2. The van der Waals surface area contributed by atoms with E-state index in [1.807, 2.05) is 31.3 Å². The van der Waals surface area contributed by atoms with Crippen LogP contribution in [-0.4, -0.2) is 22.8 Å². The SMILES string of the molecule is Cc1ccc([C@H]2C[C@H](Oc3ccc4[nH]cc(NC(=O)C5(C)CCC(=O)CC5)c4c3)C2)cc1. The molecule has 0 unspecified atom stereocenters. The lowest BCUT2D eigenvalue weighted by Gasteiger charge is -2.35. The molecule has 2 aromatic carbocycles. The number of hydrogen-bond donors (Lipinski definition) is 2. The molecule has 1 heterocycles. The molecule has 0 radical (unpaired) electrons. The number of amides is 1. The minimum Gasteiger partial charge on any atom is -0.490 e. The Morgan fingerprint density at radius 3 is 2.53 bits per heavy atom. The van der Waals surface area contributed by atoms with E-state index in [1.165, 1.54) is 11.1 Å². The highest BCUT2D eigenvalue weighted by Gasteiger charge is 2.37. The smallest absolute Gasteiger partial charge is 0.230 e. The van der Waals surface area contributed by atoms with Crippen LogP contribution in [0.4, 0.5) is 5.69 Å². The van der Waals surface area contributed by atoms with Crippen LogP contribution in [0.15, 0.2) is 48.7 Å². The third-order valence-electron chi connectivity index (χ3n) is 7.31. The average Bonchev–Trinajstić information content (AvgIpc) is 3.15. The summed E-state index contributed by atoms with van der Waals surface area (Å²) in [5.41, 5.74) is 3.90. The lowest BCUT2D eigenvalue weighted by atomic mass is 9.74. The van der Waals surface area contributed by atoms with Gasteiger partial charge in [0.15, 0.2) is 0 Å². The summed E-state index contributed by atoms with van der Waals surface area (Å²) < 4.78 is 6.25. The first kappa shape index (κ1) is 20.8. The van der Waals surface area contributed by atoms with Crippen molar-refractivity contribution in [3.63, 3.8) is 0 Å². The van der Waals surface area contributed by atoms with Gasteiger partial charge >= 0.3 is 0 Å². The number of anilines is 1. The number of aromatic nitrogens is 1. The van der Waals surface area contributed by atoms with Crippen LogP contribution < -0.4 is 10.1 Å². The Bertz CT molecular complexity index is 1150. The minimum absolute atomic E-state index is 0.0165. The van der Waals surface area contributed by atoms with Crippen LogP contribution in [0.3, 0.4) is 0 Å². The van der Waals surface area contributed by atoms with Gasteiger partial charge in [0.1, 0.15) is 11.5 Å². The molecule has 2 saturated carbocycles. The van der Waals surface area contributed by atoms with E-state index >= 15 is 0 Å². The molecule has 166 valence electrons. The number of ether oxygens (including phenoxy) is 1. The summed E-state index contributed by atoms with van der Waals surface area (Å²) in [4.78, 5) is 27.8. The molecule has 2 fully saturated rings. The number of H-pyrrole nitrogens is 1. The van der Waals surface area contributed by atoms with Crippen LogP contribution in [0, 0.1) is 12.3 Å². The zero-order valence-electron chi connectivity index (χ0n) is 18.7. The van der Waals surface area contributed by atoms with E-state index in [1.54, 1.807) is 0 Å². The fourth-order valence-corrected chi connectivity index (χ4v) is 4.82. The largest absolute Gasteiger partial charge is 0.490 e. The summed E-state index contributed by atoms with van der Waals surface area (Å²) in [6.45, 7) is 4.07. The van der Waals surface area contributed by atoms with E-state index in [9.17, 15) is 9.59 Å². The van der Waals surface area contributed by atoms with Crippen LogP contribution in [-0.2, 0) is 9.59 Å². The predicted molar refractivity (Wildman–Crippen MR) is 126 cm³/mol. The molecule has 0 atom stereocenters. The summed E-state index contributed by atoms with van der Waals surface area (Å²) in [5.74, 6) is 1.63. The molecule has 5 nitrogen and oxygen atoms in total. The number of nitrogens with one attached hydrogen (secondary N) is 2. The van der Waals surface area contributed by atoms with E-state index in [0.717, 1.165) is 35.2 Å². The maximum absolute atomic E-state index is 13.0. The van der Waals surface area contributed by atoms with Crippen molar-refractivity contribution in [3.05, 3.63) is 59.8 Å². The molecule has 1 amide bonds. The quantitative estimate of drug-likeness (QED) is 0.530. The highest BCUT2D eigenvalue weighted by atomic mass is 16.5. The first-order chi connectivity index (χ1) is 15.4. The van der Waals surface area contributed by atoms with Gasteiger partial charge < -0.3 is 15.0 Å². The van der Waals surface area contributed by atoms with Crippen LogP contribution in [0.1, 0.15) is 62.5 Å². The molecule has 5 heteroatoms. The second kappa shape index (κ2) is 8.12. The fourth-order valence-electron chi connectivity index (χ4n) is 4.82. The summed E-state index contributed by atoms with van der Waals surface area (Å²) in [6.07, 6.45) is 6.29. The Kier molecular flexibility index (Phi) is 5.28. The molecule has 2 aliphatic carbocycles. The van der Waals surface area contributed by atoms with Gasteiger partial charge in [-0.05, 0) is 62.3 Å². The summed E-state index contributed by atoms with van der Waals surface area (Å²) in [7, 11) is 0. The number of carbonyl (C=O) groups is 2. The van der Waals surface area contributed by atoms with Crippen LogP contribution in [0.25, 0.3) is 10.9 Å². The van der Waals surface area contributed by atoms with Crippen molar-refractivity contribution in [1.82, 2.24) is 4.98 Å². The van der Waals surface area contributed by atoms with Crippen molar-refractivity contribution in [3.8, 4) is 5.75 Å². The molecule has 0 aliphatic heterocycles. The average molecular weight is 431 g/mol. The van der Waals surface area contributed by atoms with Gasteiger partial charge in [-0.1, -0.05) is 36.8 Å². The lowest BCUT2D eigenvalue weighted by molar-refractivity contribution is -0.130. The van der Waals surface area contributed by atoms with Gasteiger partial charge in [0, 0.05) is 35.4 Å². The van der Waals surface area contributed by atoms with E-state index in [2.05, 4.69) is 41.5 Å². The molecule has 0 spiro atoms. The monoisotopic (exact) mass is 430 g/mol. The number of aryl methyl sites for hydroxylation is 1. The van der Waals surface area contributed by atoms with Gasteiger partial charge in [0.25, 0.3) is 0 Å². The summed E-state index contributed by atoms with van der Waals surface area (Å²) in [5, 5.41) is 4.04. The van der Waals surface area contributed by atoms with Crippen LogP contribution >= 0.6 is 0 Å². The number of fused-ring (bicyclic) bond motifs is 1. The Hall–Kier alpha value is -3.08. The van der Waals surface area contributed by atoms with E-state index in [0.29, 0.717) is 31.6 Å². The molecule has 32 heavy (non-hydrogen) atoms. The molecule has 3 aromatic rings. The standard InChI is InChI=1S/C27H30N2O3/c1-17-3-5-18(6-4-17)19-13-22(14-19)32-21-7-8-24-23(15-21)25(16-28-24)29-26(31)27(2)11-9-20(30)10-12-27/h3-8,15-16,19,22,28H,9-14H2,1-2H3,(H,29,31)/t19-,22-. The number of Topliss-reactive ketones (excluding diaryl/α,β-unsaturated/α-hetero) is 1. The zero-order chi connectivity index (χ0) is 22.3. The second-order valence-electron chi connectivity index (χ2n) is 9.78. The Labute approximate surface area is 188 Å². The van der Waals surface area contributed by atoms with Gasteiger partial charge in [-0.2, -0.15) is 0 Å². The molecule has 5 rings (SSSR count). The van der Waals surface area contributed by atoms with Gasteiger partial charge in [-0.25, -0.2) is 0 Å². The van der Waals surface area contributed by atoms with Gasteiger partial charge in [-0.15, -0.1) is 0 Å². The van der Waals surface area contributed by atoms with Crippen molar-refractivity contribution < 1.29 is 14.3 Å². The maximum atomic E-state index is 13.0. The molecule has 2 aliphatic rings. The van der Waals surface area contributed by atoms with E-state index in [-0.39, 0.29) is 17.8 Å². The van der Waals surface area contributed by atoms with Crippen molar-refractivity contribution in [2.45, 2.75) is 64.4 Å². The second-order valence-corrected chi connectivity index (χ2v) is 9.78. The Morgan fingerprint density at radius 2 is 1.81 bits per heavy atom. The minimum atomic E-state index is -0.497. The molecule has 0 bridgehead atoms. The normalized spacial score (nSPS) is 22.4. The zero-order valence-corrected chi connectivity index (χ0v) is 18.7. The third kappa shape index (κ3) is 4.04. The van der Waals surface area contributed by atoms with Gasteiger partial charge in [0.05, 0.1) is 11.8 Å². The van der Waals surface area contributed by atoms with Crippen molar-refractivity contribution in [2.75, 3.05) is 5.32 Å². The molecule has 1 aromatic heterocycles. The number of aromatic amines is 1. The van der Waals surface area contributed by atoms with Crippen molar-refractivity contribution >= 4 is 28.3 Å². The van der Waals surface area contributed by atoms with E-state index in [4.69, 9.17) is 4.74 Å². The Balaban J connectivity index is 1.25. The topological polar surface area (TPSA) is 71.2 Å². The first-order valence-corrected chi connectivity index (χ1v) is 11.6.